The molecule has 0 bridgehead atoms. The van der Waals surface area contributed by atoms with Crippen LogP contribution in [0.2, 0.25) is 0 Å². The topological polar surface area (TPSA) is 37.4 Å². The maximum absolute atomic E-state index is 13.3. The summed E-state index contributed by atoms with van der Waals surface area (Å²) in [6, 6.07) is 17.7. The molecule has 0 radical (unpaired) electrons. The Morgan fingerprint density at radius 3 is 2.41 bits per heavy atom. The predicted octanol–water partition coefficient (Wildman–Crippen LogP) is 6.16. The summed E-state index contributed by atoms with van der Waals surface area (Å²) in [7, 11) is 0. The zero-order valence-electron chi connectivity index (χ0n) is 16.7. The number of Topliss-reactive ketones (excluding diaryl/α,β-unsaturated/α-hetero) is 1. The van der Waals surface area contributed by atoms with Crippen LogP contribution in [0.3, 0.4) is 0 Å². The van der Waals surface area contributed by atoms with Crippen molar-refractivity contribution in [2.45, 2.75) is 33.1 Å². The van der Waals surface area contributed by atoms with E-state index in [0.29, 0.717) is 19.3 Å². The molecule has 4 heteroatoms. The highest BCUT2D eigenvalue weighted by molar-refractivity contribution is 9.10. The zero-order chi connectivity index (χ0) is 20.6. The van der Waals surface area contributed by atoms with Gasteiger partial charge in [0.25, 0.3) is 0 Å². The molecule has 0 N–H and O–H groups in total. The first-order valence-corrected chi connectivity index (χ1v) is 10.7. The molecule has 1 atom stereocenters. The van der Waals surface area contributed by atoms with Gasteiger partial charge in [-0.3, -0.25) is 14.5 Å². The van der Waals surface area contributed by atoms with Crippen LogP contribution in [0.25, 0.3) is 6.08 Å². The second-order valence-corrected chi connectivity index (χ2v) is 9.42. The number of nitrogens with zero attached hydrogens (tertiary/aromatic N) is 1. The van der Waals surface area contributed by atoms with Crippen molar-refractivity contribution in [1.82, 2.24) is 0 Å². The third-order valence-corrected chi connectivity index (χ3v) is 6.27. The first kappa shape index (κ1) is 19.8. The maximum atomic E-state index is 13.3. The fraction of sp³-hybridized carbons (Fsp3) is 0.280. The molecular weight excluding hydrogens is 426 g/mol. The number of carbonyl (C=O) groups excluding carboxylic acids is 2. The summed E-state index contributed by atoms with van der Waals surface area (Å²) < 4.78 is 0.856. The molecule has 0 aromatic heterocycles. The maximum Gasteiger partial charge on any atom is 0.232 e. The Morgan fingerprint density at radius 2 is 1.69 bits per heavy atom. The molecule has 0 fully saturated rings. The predicted molar refractivity (Wildman–Crippen MR) is 120 cm³/mol. The van der Waals surface area contributed by atoms with Gasteiger partial charge >= 0.3 is 0 Å². The van der Waals surface area contributed by atoms with E-state index in [1.807, 2.05) is 66.7 Å². The molecular formula is C25H24BrNO2. The van der Waals surface area contributed by atoms with E-state index in [1.165, 1.54) is 0 Å². The normalized spacial score (nSPS) is 21.6. The number of amides is 1. The Balaban J connectivity index is 1.82. The smallest absolute Gasteiger partial charge is 0.232 e. The Bertz CT molecular complexity index is 1020. The molecule has 3 nitrogen and oxygen atoms in total. The summed E-state index contributed by atoms with van der Waals surface area (Å²) in [4.78, 5) is 28.2. The number of carbonyl (C=O) groups is 2. The van der Waals surface area contributed by atoms with Crippen LogP contribution < -0.4 is 4.90 Å². The minimum absolute atomic E-state index is 0.0314. The lowest BCUT2D eigenvalue weighted by atomic mass is 9.70. The van der Waals surface area contributed by atoms with Crippen molar-refractivity contribution in [3.8, 4) is 0 Å². The largest absolute Gasteiger partial charge is 0.294 e. The average Bonchev–Trinajstić information content (AvgIpc) is 2.67. The number of hydrogen-bond acceptors (Lipinski definition) is 2. The van der Waals surface area contributed by atoms with E-state index in [0.717, 1.165) is 27.0 Å². The molecule has 1 aliphatic heterocycles. The SMILES string of the molecule is CC1(C)CC(=O)C2=C(C1)N(c1ccccc1Br)C(=O)CC2/C=C/c1ccccc1. The first-order valence-electron chi connectivity index (χ1n) is 9.93. The molecule has 2 aromatic carbocycles. The van der Waals surface area contributed by atoms with Gasteiger partial charge in [-0.15, -0.1) is 0 Å². The zero-order valence-corrected chi connectivity index (χ0v) is 18.3. The number of ketones is 1. The van der Waals surface area contributed by atoms with Gasteiger partial charge in [-0.05, 0) is 45.5 Å². The van der Waals surface area contributed by atoms with Crippen molar-refractivity contribution in [2.24, 2.45) is 11.3 Å². The highest BCUT2D eigenvalue weighted by Crippen LogP contribution is 2.46. The van der Waals surface area contributed by atoms with Crippen molar-refractivity contribution >= 4 is 39.4 Å². The van der Waals surface area contributed by atoms with Gasteiger partial charge in [0.2, 0.25) is 5.91 Å². The van der Waals surface area contributed by atoms with Crippen LogP contribution in [0.1, 0.15) is 38.7 Å². The van der Waals surface area contributed by atoms with Gasteiger partial charge in [0, 0.05) is 34.5 Å². The Morgan fingerprint density at radius 1 is 1.00 bits per heavy atom. The summed E-state index contributed by atoms with van der Waals surface area (Å²) in [6.07, 6.45) is 5.56. The Labute approximate surface area is 180 Å². The van der Waals surface area contributed by atoms with Gasteiger partial charge in [-0.2, -0.15) is 0 Å². The molecule has 0 saturated heterocycles. The van der Waals surface area contributed by atoms with Gasteiger partial charge < -0.3 is 0 Å². The summed E-state index contributed by atoms with van der Waals surface area (Å²) in [6.45, 7) is 4.20. The lowest BCUT2D eigenvalue weighted by Gasteiger charge is -2.42. The Hall–Kier alpha value is -2.46. The minimum Gasteiger partial charge on any atom is -0.294 e. The molecule has 0 saturated carbocycles. The number of para-hydroxylation sites is 1. The van der Waals surface area contributed by atoms with Gasteiger partial charge in [-0.25, -0.2) is 0 Å². The number of rotatable bonds is 3. The van der Waals surface area contributed by atoms with Crippen LogP contribution in [0.4, 0.5) is 5.69 Å². The van der Waals surface area contributed by atoms with Crippen molar-refractivity contribution in [3.63, 3.8) is 0 Å². The number of halogens is 1. The van der Waals surface area contributed by atoms with Crippen LogP contribution in [0, 0.1) is 11.3 Å². The molecule has 1 unspecified atom stereocenters. The summed E-state index contributed by atoms with van der Waals surface area (Å²) >= 11 is 3.58. The third-order valence-electron chi connectivity index (χ3n) is 5.59. The summed E-state index contributed by atoms with van der Waals surface area (Å²) in [5.41, 5.74) is 3.37. The standard InChI is InChI=1S/C25H24BrNO2/c1-25(2)15-21-24(22(28)16-25)18(13-12-17-8-4-3-5-9-17)14-23(29)27(21)20-11-7-6-10-19(20)26/h3-13,18H,14-16H2,1-2H3/b13-12+. The van der Waals surface area contributed by atoms with E-state index in [-0.39, 0.29) is 23.0 Å². The number of allylic oxidation sites excluding steroid dienone is 3. The fourth-order valence-corrected chi connectivity index (χ4v) is 4.78. The monoisotopic (exact) mass is 449 g/mol. The minimum atomic E-state index is -0.181. The quantitative estimate of drug-likeness (QED) is 0.562. The van der Waals surface area contributed by atoms with Crippen LogP contribution >= 0.6 is 15.9 Å². The van der Waals surface area contributed by atoms with Crippen LogP contribution in [-0.4, -0.2) is 11.7 Å². The molecule has 4 rings (SSSR count). The second-order valence-electron chi connectivity index (χ2n) is 8.56. The van der Waals surface area contributed by atoms with Crippen molar-refractivity contribution in [3.05, 3.63) is 82.0 Å². The molecule has 2 aromatic rings. The molecule has 1 amide bonds. The van der Waals surface area contributed by atoms with E-state index in [4.69, 9.17) is 0 Å². The average molecular weight is 450 g/mol. The van der Waals surface area contributed by atoms with E-state index >= 15 is 0 Å². The second kappa shape index (κ2) is 7.75. The van der Waals surface area contributed by atoms with E-state index in [9.17, 15) is 9.59 Å². The summed E-state index contributed by atoms with van der Waals surface area (Å²) in [5.74, 6) is 0.00687. The van der Waals surface area contributed by atoms with Gasteiger partial charge in [0.1, 0.15) is 0 Å². The Kier molecular flexibility index (Phi) is 5.30. The number of anilines is 1. The van der Waals surface area contributed by atoms with Crippen molar-refractivity contribution in [1.29, 1.82) is 0 Å². The molecule has 1 aliphatic carbocycles. The van der Waals surface area contributed by atoms with Crippen LogP contribution in [0.5, 0.6) is 0 Å². The van der Waals surface area contributed by atoms with Gasteiger partial charge in [0.05, 0.1) is 5.69 Å². The first-order chi connectivity index (χ1) is 13.9. The highest BCUT2D eigenvalue weighted by Gasteiger charge is 2.43. The molecule has 1 heterocycles. The lowest BCUT2D eigenvalue weighted by Crippen LogP contribution is -2.44. The molecule has 2 aliphatic rings. The van der Waals surface area contributed by atoms with E-state index in [1.54, 1.807) is 4.90 Å². The fourth-order valence-electron chi connectivity index (χ4n) is 4.32. The van der Waals surface area contributed by atoms with Crippen LogP contribution in [0.15, 0.2) is 76.4 Å². The molecule has 29 heavy (non-hydrogen) atoms. The highest BCUT2D eigenvalue weighted by atomic mass is 79.9. The van der Waals surface area contributed by atoms with Crippen molar-refractivity contribution < 1.29 is 9.59 Å². The van der Waals surface area contributed by atoms with Gasteiger partial charge in [0.15, 0.2) is 5.78 Å². The molecule has 148 valence electrons. The number of benzene rings is 2. The van der Waals surface area contributed by atoms with Crippen LogP contribution in [-0.2, 0) is 9.59 Å². The van der Waals surface area contributed by atoms with E-state index in [2.05, 4.69) is 29.8 Å². The van der Waals surface area contributed by atoms with E-state index < -0.39 is 0 Å². The molecule has 0 spiro atoms. The lowest BCUT2D eigenvalue weighted by molar-refractivity contribution is -0.121. The number of hydrogen-bond donors (Lipinski definition) is 0. The van der Waals surface area contributed by atoms with Gasteiger partial charge in [-0.1, -0.05) is 68.5 Å². The summed E-state index contributed by atoms with van der Waals surface area (Å²) in [5, 5.41) is 0. The van der Waals surface area contributed by atoms with Crippen molar-refractivity contribution in [2.75, 3.05) is 4.90 Å². The third kappa shape index (κ3) is 3.99.